The van der Waals surface area contributed by atoms with Crippen molar-refractivity contribution in [1.82, 2.24) is 0 Å². The van der Waals surface area contributed by atoms with E-state index < -0.39 is 15.8 Å². The number of nitrogens with one attached hydrogen (secondary N) is 1. The second kappa shape index (κ2) is 5.41. The van der Waals surface area contributed by atoms with E-state index >= 15 is 0 Å². The Morgan fingerprint density at radius 1 is 1.20 bits per heavy atom. The first-order valence-electron chi connectivity index (χ1n) is 5.63. The average molecular weight is 359 g/mol. The van der Waals surface area contributed by atoms with Gasteiger partial charge >= 0.3 is 0 Å². The minimum absolute atomic E-state index is 0.0440. The van der Waals surface area contributed by atoms with Gasteiger partial charge in [0.1, 0.15) is 10.7 Å². The Morgan fingerprint density at radius 3 is 2.55 bits per heavy atom. The number of halogens is 2. The van der Waals surface area contributed by atoms with Gasteiger partial charge in [-0.05, 0) is 58.7 Å². The molecule has 0 aromatic heterocycles. The van der Waals surface area contributed by atoms with Gasteiger partial charge in [-0.1, -0.05) is 6.07 Å². The van der Waals surface area contributed by atoms with Crippen LogP contribution >= 0.6 is 15.9 Å². The number of aryl methyl sites for hydroxylation is 1. The lowest BCUT2D eigenvalue weighted by molar-refractivity contribution is 0.598. The van der Waals surface area contributed by atoms with E-state index in [0.29, 0.717) is 15.7 Å². The molecule has 0 aliphatic carbocycles. The highest BCUT2D eigenvalue weighted by Gasteiger charge is 2.19. The Balaban J connectivity index is 2.43. The lowest BCUT2D eigenvalue weighted by Crippen LogP contribution is -2.15. The molecule has 2 rings (SSSR count). The van der Waals surface area contributed by atoms with Crippen molar-refractivity contribution >= 4 is 37.3 Å². The second-order valence-electron chi connectivity index (χ2n) is 4.28. The molecule has 0 fully saturated rings. The fourth-order valence-corrected chi connectivity index (χ4v) is 3.70. The fraction of sp³-hybridized carbons (Fsp3) is 0.0769. The van der Waals surface area contributed by atoms with Gasteiger partial charge in [-0.2, -0.15) is 0 Å². The molecule has 106 valence electrons. The maximum Gasteiger partial charge on any atom is 0.263 e. The summed E-state index contributed by atoms with van der Waals surface area (Å²) in [6, 6.07) is 8.65. The van der Waals surface area contributed by atoms with Crippen molar-refractivity contribution in [3.63, 3.8) is 0 Å². The van der Waals surface area contributed by atoms with E-state index in [1.165, 1.54) is 24.3 Å². The number of benzene rings is 2. The molecule has 0 heterocycles. The number of sulfonamides is 1. The molecular weight excluding hydrogens is 347 g/mol. The zero-order valence-corrected chi connectivity index (χ0v) is 12.9. The molecule has 2 aromatic rings. The summed E-state index contributed by atoms with van der Waals surface area (Å²) >= 11 is 3.14. The van der Waals surface area contributed by atoms with Crippen LogP contribution in [0.4, 0.5) is 15.8 Å². The van der Waals surface area contributed by atoms with Crippen molar-refractivity contribution in [3.8, 4) is 0 Å². The summed E-state index contributed by atoms with van der Waals surface area (Å²) in [5.41, 5.74) is 6.48. The van der Waals surface area contributed by atoms with Gasteiger partial charge in [0, 0.05) is 10.2 Å². The van der Waals surface area contributed by atoms with Crippen molar-refractivity contribution < 1.29 is 12.8 Å². The molecule has 20 heavy (non-hydrogen) atoms. The maximum absolute atomic E-state index is 13.7. The first-order chi connectivity index (χ1) is 9.29. The molecule has 0 unspecified atom stereocenters. The van der Waals surface area contributed by atoms with Crippen LogP contribution in [0.3, 0.4) is 0 Å². The minimum atomic E-state index is -3.92. The van der Waals surface area contributed by atoms with Crippen LogP contribution in [0.2, 0.25) is 0 Å². The minimum Gasteiger partial charge on any atom is -0.399 e. The first kappa shape index (κ1) is 14.8. The van der Waals surface area contributed by atoms with E-state index in [-0.39, 0.29) is 10.6 Å². The third-order valence-electron chi connectivity index (χ3n) is 2.61. The van der Waals surface area contributed by atoms with Gasteiger partial charge in [-0.3, -0.25) is 4.72 Å². The van der Waals surface area contributed by atoms with Crippen LogP contribution in [0.25, 0.3) is 0 Å². The van der Waals surface area contributed by atoms with Crippen LogP contribution in [0, 0.1) is 12.7 Å². The summed E-state index contributed by atoms with van der Waals surface area (Å²) in [4.78, 5) is -0.0440. The van der Waals surface area contributed by atoms with E-state index in [2.05, 4.69) is 20.7 Å². The number of nitrogens with two attached hydrogens (primary N) is 1. The molecule has 4 nitrogen and oxygen atoms in total. The second-order valence-corrected chi connectivity index (χ2v) is 6.78. The number of rotatable bonds is 3. The molecule has 0 saturated carbocycles. The van der Waals surface area contributed by atoms with Crippen molar-refractivity contribution in [2.24, 2.45) is 0 Å². The summed E-state index contributed by atoms with van der Waals surface area (Å²) in [5.74, 6) is -0.631. The van der Waals surface area contributed by atoms with Gasteiger partial charge in [0.25, 0.3) is 10.0 Å². The topological polar surface area (TPSA) is 72.2 Å². The smallest absolute Gasteiger partial charge is 0.263 e. The van der Waals surface area contributed by atoms with Gasteiger partial charge < -0.3 is 5.73 Å². The van der Waals surface area contributed by atoms with E-state index in [0.717, 1.165) is 0 Å². The number of nitrogen functional groups attached to an aromatic ring is 1. The Morgan fingerprint density at radius 2 is 1.90 bits per heavy atom. The number of hydrogen-bond acceptors (Lipinski definition) is 3. The Labute approximate surface area is 125 Å². The van der Waals surface area contributed by atoms with Crippen LogP contribution in [0.5, 0.6) is 0 Å². The zero-order valence-electron chi connectivity index (χ0n) is 10.5. The summed E-state index contributed by atoms with van der Waals surface area (Å²) in [6.07, 6.45) is 0. The monoisotopic (exact) mass is 358 g/mol. The highest BCUT2D eigenvalue weighted by atomic mass is 79.9. The van der Waals surface area contributed by atoms with Gasteiger partial charge in [0.05, 0.1) is 5.69 Å². The van der Waals surface area contributed by atoms with Crippen LogP contribution in [0.1, 0.15) is 5.56 Å². The zero-order chi connectivity index (χ0) is 14.9. The molecule has 0 amide bonds. The highest BCUT2D eigenvalue weighted by molar-refractivity contribution is 9.10. The molecular formula is C13H12BrFN2O2S. The van der Waals surface area contributed by atoms with E-state index in [9.17, 15) is 12.8 Å². The molecule has 7 heteroatoms. The number of anilines is 2. The van der Waals surface area contributed by atoms with Gasteiger partial charge in [0.2, 0.25) is 0 Å². The molecule has 0 spiro atoms. The predicted octanol–water partition coefficient (Wildman–Crippen LogP) is 3.28. The van der Waals surface area contributed by atoms with Gasteiger partial charge in [-0.15, -0.1) is 0 Å². The van der Waals surface area contributed by atoms with Crippen LogP contribution < -0.4 is 10.5 Å². The summed E-state index contributed by atoms with van der Waals surface area (Å²) < 4.78 is 40.8. The van der Waals surface area contributed by atoms with Crippen LogP contribution in [0.15, 0.2) is 45.8 Å². The normalized spacial score (nSPS) is 11.3. The third kappa shape index (κ3) is 3.10. The standard InChI is InChI=1S/C13H12BrFN2O2S/c1-8-2-5-12(11(15)6-8)17-20(18,19)13-7-9(16)3-4-10(13)14/h2-7,17H,16H2,1H3. The molecule has 0 radical (unpaired) electrons. The first-order valence-corrected chi connectivity index (χ1v) is 7.91. The van der Waals surface area contributed by atoms with Crippen molar-refractivity contribution in [3.05, 3.63) is 52.3 Å². The average Bonchev–Trinajstić information content (AvgIpc) is 2.35. The Bertz CT molecular complexity index is 763. The molecule has 3 N–H and O–H groups in total. The van der Waals surface area contributed by atoms with Crippen molar-refractivity contribution in [2.45, 2.75) is 11.8 Å². The molecule has 2 aromatic carbocycles. The highest BCUT2D eigenvalue weighted by Crippen LogP contribution is 2.27. The lowest BCUT2D eigenvalue weighted by atomic mass is 10.2. The lowest BCUT2D eigenvalue weighted by Gasteiger charge is -2.11. The van der Waals surface area contributed by atoms with Crippen molar-refractivity contribution in [2.75, 3.05) is 10.5 Å². The number of hydrogen-bond donors (Lipinski definition) is 2. The quantitative estimate of drug-likeness (QED) is 0.827. The molecule has 0 bridgehead atoms. The van der Waals surface area contributed by atoms with Crippen LogP contribution in [-0.2, 0) is 10.0 Å². The Hall–Kier alpha value is -1.60. The summed E-state index contributed by atoms with van der Waals surface area (Å²) in [7, 11) is -3.92. The van der Waals surface area contributed by atoms with E-state index in [4.69, 9.17) is 5.73 Å². The molecule has 0 aliphatic rings. The maximum atomic E-state index is 13.7. The van der Waals surface area contributed by atoms with E-state index in [1.54, 1.807) is 19.1 Å². The Kier molecular flexibility index (Phi) is 4.01. The predicted molar refractivity (Wildman–Crippen MR) is 80.5 cm³/mol. The van der Waals surface area contributed by atoms with Crippen molar-refractivity contribution in [1.29, 1.82) is 0 Å². The van der Waals surface area contributed by atoms with Gasteiger partial charge in [0.15, 0.2) is 0 Å². The fourth-order valence-electron chi connectivity index (χ4n) is 1.63. The largest absolute Gasteiger partial charge is 0.399 e. The summed E-state index contributed by atoms with van der Waals surface area (Å²) in [6.45, 7) is 1.72. The molecule has 0 aliphatic heterocycles. The van der Waals surface area contributed by atoms with Gasteiger partial charge in [-0.25, -0.2) is 12.8 Å². The van der Waals surface area contributed by atoms with E-state index in [1.807, 2.05) is 0 Å². The summed E-state index contributed by atoms with van der Waals surface area (Å²) in [5, 5.41) is 0. The molecule has 0 atom stereocenters. The van der Waals surface area contributed by atoms with Crippen LogP contribution in [-0.4, -0.2) is 8.42 Å². The third-order valence-corrected chi connectivity index (χ3v) is 4.97. The SMILES string of the molecule is Cc1ccc(NS(=O)(=O)c2cc(N)ccc2Br)c(F)c1. The molecule has 0 saturated heterocycles.